The molecule has 0 radical (unpaired) electrons. The Labute approximate surface area is 76.6 Å². The zero-order chi connectivity index (χ0) is 7.82. The number of nitrogens with zero attached hydrogens (tertiary/aromatic N) is 2. The monoisotopic (exact) mass is 254 g/mol. The smallest absolute Gasteiger partial charge is 0.111 e. The van der Waals surface area contributed by atoms with Gasteiger partial charge in [-0.1, -0.05) is 36.4 Å². The van der Waals surface area contributed by atoms with Gasteiger partial charge in [0.2, 0.25) is 0 Å². The molecule has 0 aliphatic carbocycles. The molecule has 0 fully saturated rings. The third kappa shape index (κ3) is 8.33. The van der Waals surface area contributed by atoms with Crippen LogP contribution in [0.1, 0.15) is 26.7 Å². The van der Waals surface area contributed by atoms with E-state index in [-0.39, 0.29) is 0 Å². The molecule has 60 valence electrons. The summed E-state index contributed by atoms with van der Waals surface area (Å²) in [4.78, 5) is 0. The summed E-state index contributed by atoms with van der Waals surface area (Å²) < 4.78 is 0.791. The van der Waals surface area contributed by atoms with E-state index in [1.54, 1.807) is 0 Å². The summed E-state index contributed by atoms with van der Waals surface area (Å²) in [6, 6.07) is 0. The molecule has 0 aromatic carbocycles. The molecule has 2 nitrogen and oxygen atoms in total. The molecule has 0 rings (SSSR count). The van der Waals surface area contributed by atoms with Crippen LogP contribution in [0.5, 0.6) is 0 Å². The molecule has 3 heteroatoms. The highest BCUT2D eigenvalue weighted by atomic mass is 127. The van der Waals surface area contributed by atoms with Gasteiger partial charge in [0.25, 0.3) is 0 Å². The molecule has 0 atom stereocenters. The Morgan fingerprint density at radius 1 is 1.30 bits per heavy atom. The van der Waals surface area contributed by atoms with Crippen LogP contribution in [0.4, 0.5) is 0 Å². The molecule has 10 heavy (non-hydrogen) atoms. The van der Waals surface area contributed by atoms with Crippen molar-refractivity contribution < 1.29 is 0 Å². The highest BCUT2D eigenvalue weighted by molar-refractivity contribution is 14.1. The number of hydrogen-bond donors (Lipinski definition) is 0. The van der Waals surface area contributed by atoms with E-state index in [0.29, 0.717) is 0 Å². The second-order valence-corrected chi connectivity index (χ2v) is 3.34. The second-order valence-electron chi connectivity index (χ2n) is 2.66. The number of hydrogen-bond acceptors (Lipinski definition) is 2. The first-order chi connectivity index (χ1) is 4.77. The molecule has 0 aliphatic heterocycles. The van der Waals surface area contributed by atoms with Crippen molar-refractivity contribution in [1.29, 1.82) is 0 Å². The average Bonchev–Trinajstić information content (AvgIpc) is 1.87. The molecule has 0 aliphatic rings. The van der Waals surface area contributed by atoms with Gasteiger partial charge < -0.3 is 0 Å². The van der Waals surface area contributed by atoms with Crippen LogP contribution < -0.4 is 0 Å². The molecule has 0 amide bonds. The number of rotatable bonds is 5. The Balaban J connectivity index is 2.97. The van der Waals surface area contributed by atoms with E-state index in [0.717, 1.165) is 17.0 Å². The molecule has 0 saturated heterocycles. The van der Waals surface area contributed by atoms with Crippen LogP contribution in [0, 0.1) is 5.92 Å². The molecule has 0 aromatic rings. The first kappa shape index (κ1) is 10.3. The van der Waals surface area contributed by atoms with E-state index in [2.05, 4.69) is 46.7 Å². The van der Waals surface area contributed by atoms with E-state index >= 15 is 0 Å². The van der Waals surface area contributed by atoms with Crippen molar-refractivity contribution in [3.63, 3.8) is 0 Å². The van der Waals surface area contributed by atoms with Crippen molar-refractivity contribution in [1.82, 2.24) is 0 Å². The van der Waals surface area contributed by atoms with E-state index in [4.69, 9.17) is 0 Å². The van der Waals surface area contributed by atoms with Crippen LogP contribution in [0.25, 0.3) is 0 Å². The van der Waals surface area contributed by atoms with Crippen LogP contribution in [0.15, 0.2) is 10.2 Å². The van der Waals surface area contributed by atoms with Crippen LogP contribution in [0.3, 0.4) is 0 Å². The standard InChI is InChI=1S/C7H15IN2/c1-7(2)4-3-5-9-10-6-8/h7H,3-6H2,1-2H3/b10-9+. The first-order valence-electron chi connectivity index (χ1n) is 3.66. The number of azo groups is 1. The summed E-state index contributed by atoms with van der Waals surface area (Å²) in [7, 11) is 0. The van der Waals surface area contributed by atoms with Gasteiger partial charge in [0.05, 0.1) is 6.54 Å². The SMILES string of the molecule is CC(C)CCC/N=N/CI. The Kier molecular flexibility index (Phi) is 7.68. The summed E-state index contributed by atoms with van der Waals surface area (Å²) in [5.41, 5.74) is 0. The lowest BCUT2D eigenvalue weighted by atomic mass is 10.1. The van der Waals surface area contributed by atoms with E-state index in [1.165, 1.54) is 12.8 Å². The van der Waals surface area contributed by atoms with Gasteiger partial charge in [-0.15, -0.1) is 0 Å². The van der Waals surface area contributed by atoms with Crippen molar-refractivity contribution in [3.8, 4) is 0 Å². The molecule has 0 unspecified atom stereocenters. The minimum atomic E-state index is 0.791. The summed E-state index contributed by atoms with van der Waals surface area (Å²) in [5, 5.41) is 7.86. The van der Waals surface area contributed by atoms with Crippen LogP contribution in [-0.4, -0.2) is 11.1 Å². The zero-order valence-electron chi connectivity index (χ0n) is 6.68. The minimum Gasteiger partial charge on any atom is -0.193 e. The lowest BCUT2D eigenvalue weighted by Gasteiger charge is -1.99. The van der Waals surface area contributed by atoms with Crippen LogP contribution in [-0.2, 0) is 0 Å². The summed E-state index contributed by atoms with van der Waals surface area (Å²) in [6.07, 6.45) is 2.44. The largest absolute Gasteiger partial charge is 0.193 e. The van der Waals surface area contributed by atoms with Crippen molar-refractivity contribution in [2.75, 3.05) is 11.1 Å². The maximum atomic E-state index is 3.98. The Hall–Kier alpha value is 0.330. The third-order valence-electron chi connectivity index (χ3n) is 1.19. The lowest BCUT2D eigenvalue weighted by molar-refractivity contribution is 0.557. The van der Waals surface area contributed by atoms with Crippen molar-refractivity contribution in [2.24, 2.45) is 16.1 Å². The van der Waals surface area contributed by atoms with Gasteiger partial charge >= 0.3 is 0 Å². The van der Waals surface area contributed by atoms with Gasteiger partial charge in [-0.05, 0) is 18.8 Å². The van der Waals surface area contributed by atoms with E-state index in [1.807, 2.05) is 0 Å². The average molecular weight is 254 g/mol. The van der Waals surface area contributed by atoms with Crippen molar-refractivity contribution in [2.45, 2.75) is 26.7 Å². The van der Waals surface area contributed by atoms with Crippen LogP contribution >= 0.6 is 22.6 Å². The first-order valence-corrected chi connectivity index (χ1v) is 5.19. The maximum Gasteiger partial charge on any atom is 0.111 e. The summed E-state index contributed by atoms with van der Waals surface area (Å²) >= 11 is 2.19. The van der Waals surface area contributed by atoms with Gasteiger partial charge in [0.15, 0.2) is 0 Å². The van der Waals surface area contributed by atoms with Gasteiger partial charge in [-0.3, -0.25) is 0 Å². The van der Waals surface area contributed by atoms with Crippen molar-refractivity contribution >= 4 is 22.6 Å². The molecule has 0 heterocycles. The Bertz CT molecular complexity index is 91.6. The maximum absolute atomic E-state index is 3.98. The third-order valence-corrected chi connectivity index (χ3v) is 1.50. The Morgan fingerprint density at radius 3 is 2.50 bits per heavy atom. The van der Waals surface area contributed by atoms with Crippen LogP contribution in [0.2, 0.25) is 0 Å². The normalized spacial score (nSPS) is 11.6. The molecule has 0 aromatic heterocycles. The van der Waals surface area contributed by atoms with Crippen molar-refractivity contribution in [3.05, 3.63) is 0 Å². The number of alkyl halides is 1. The fraction of sp³-hybridized carbons (Fsp3) is 1.00. The molecule has 0 spiro atoms. The topological polar surface area (TPSA) is 24.7 Å². The van der Waals surface area contributed by atoms with Gasteiger partial charge in [-0.25, -0.2) is 0 Å². The quantitative estimate of drug-likeness (QED) is 0.236. The predicted molar refractivity (Wildman–Crippen MR) is 52.7 cm³/mol. The molecule has 0 saturated carbocycles. The molecular weight excluding hydrogens is 239 g/mol. The fourth-order valence-electron chi connectivity index (χ4n) is 0.679. The summed E-state index contributed by atoms with van der Waals surface area (Å²) in [6.45, 7) is 5.37. The van der Waals surface area contributed by atoms with Gasteiger partial charge in [-0.2, -0.15) is 10.2 Å². The van der Waals surface area contributed by atoms with Gasteiger partial charge in [0, 0.05) is 0 Å². The highest BCUT2D eigenvalue weighted by Crippen LogP contribution is 2.02. The number of halogens is 1. The fourth-order valence-corrected chi connectivity index (χ4v) is 0.895. The minimum absolute atomic E-state index is 0.791. The highest BCUT2D eigenvalue weighted by Gasteiger charge is 1.91. The molecular formula is C7H15IN2. The molecule has 0 N–H and O–H groups in total. The molecule has 0 bridgehead atoms. The van der Waals surface area contributed by atoms with E-state index in [9.17, 15) is 0 Å². The Morgan fingerprint density at radius 2 is 2.00 bits per heavy atom. The zero-order valence-corrected chi connectivity index (χ0v) is 8.84. The summed E-state index contributed by atoms with van der Waals surface area (Å²) in [5.74, 6) is 0.801. The van der Waals surface area contributed by atoms with E-state index < -0.39 is 0 Å². The predicted octanol–water partition coefficient (Wildman–Crippen LogP) is 3.27. The lowest BCUT2D eigenvalue weighted by Crippen LogP contribution is -1.88. The second kappa shape index (κ2) is 7.44. The van der Waals surface area contributed by atoms with Gasteiger partial charge in [0.1, 0.15) is 4.55 Å².